The van der Waals surface area contributed by atoms with Crippen LogP contribution in [0.3, 0.4) is 0 Å². The highest BCUT2D eigenvalue weighted by atomic mass is 32.2. The van der Waals surface area contributed by atoms with E-state index < -0.39 is 10.0 Å². The third kappa shape index (κ3) is 3.47. The van der Waals surface area contributed by atoms with Gasteiger partial charge in [0.25, 0.3) is 0 Å². The van der Waals surface area contributed by atoms with Crippen molar-refractivity contribution in [3.63, 3.8) is 0 Å². The van der Waals surface area contributed by atoms with Crippen LogP contribution in [0.2, 0.25) is 0 Å². The Morgan fingerprint density at radius 1 is 1.11 bits per heavy atom. The summed E-state index contributed by atoms with van der Waals surface area (Å²) in [6.07, 6.45) is 6.78. The van der Waals surface area contributed by atoms with Crippen LogP contribution in [-0.4, -0.2) is 51.7 Å². The number of sulfonamides is 1. The highest BCUT2D eigenvalue weighted by Gasteiger charge is 2.42. The monoisotopic (exact) mass is 385 g/mol. The fourth-order valence-corrected chi connectivity index (χ4v) is 4.51. The zero-order valence-electron chi connectivity index (χ0n) is 14.8. The maximum atomic E-state index is 12.4. The summed E-state index contributed by atoms with van der Waals surface area (Å²) in [5, 5.41) is 4.07. The van der Waals surface area contributed by atoms with Crippen molar-refractivity contribution in [3.8, 4) is 11.4 Å². The molecule has 0 radical (unpaired) electrons. The Labute approximate surface area is 157 Å². The third-order valence-corrected chi connectivity index (χ3v) is 6.67. The molecule has 0 unspecified atom stereocenters. The molecule has 1 fully saturated rings. The Morgan fingerprint density at radius 3 is 2.59 bits per heavy atom. The van der Waals surface area contributed by atoms with Crippen molar-refractivity contribution in [2.75, 3.05) is 18.8 Å². The van der Waals surface area contributed by atoms with Gasteiger partial charge in [0, 0.05) is 49.4 Å². The highest BCUT2D eigenvalue weighted by molar-refractivity contribution is 7.89. The lowest BCUT2D eigenvalue weighted by atomic mass is 9.90. The van der Waals surface area contributed by atoms with Gasteiger partial charge in [-0.1, -0.05) is 11.2 Å². The first-order chi connectivity index (χ1) is 13.1. The maximum absolute atomic E-state index is 12.4. The summed E-state index contributed by atoms with van der Waals surface area (Å²) in [4.78, 5) is 12.7. The molecule has 4 heterocycles. The molecule has 140 valence electrons. The first-order valence-corrected chi connectivity index (χ1v) is 10.3. The third-order valence-electron chi connectivity index (χ3n) is 4.85. The van der Waals surface area contributed by atoms with Crippen LogP contribution in [-0.2, 0) is 10.0 Å². The van der Waals surface area contributed by atoms with E-state index >= 15 is 0 Å². The second-order valence-electron chi connectivity index (χ2n) is 6.41. The molecule has 0 bridgehead atoms. The molecule has 0 N–H and O–H groups in total. The van der Waals surface area contributed by atoms with Gasteiger partial charge in [0.15, 0.2) is 0 Å². The molecule has 4 rings (SSSR count). The van der Waals surface area contributed by atoms with Crippen LogP contribution in [0.5, 0.6) is 0 Å². The molecular formula is C18H19N5O3S. The molecule has 1 saturated heterocycles. The van der Waals surface area contributed by atoms with E-state index in [0.717, 1.165) is 11.1 Å². The lowest BCUT2D eigenvalue weighted by Crippen LogP contribution is -2.30. The summed E-state index contributed by atoms with van der Waals surface area (Å²) in [5.74, 6) is 0.647. The van der Waals surface area contributed by atoms with Gasteiger partial charge in [-0.25, -0.2) is 12.7 Å². The number of pyridine rings is 2. The van der Waals surface area contributed by atoms with Gasteiger partial charge in [0.1, 0.15) is 0 Å². The molecule has 27 heavy (non-hydrogen) atoms. The largest absolute Gasteiger partial charge is 0.339 e. The predicted octanol–water partition coefficient (Wildman–Crippen LogP) is 2.06. The van der Waals surface area contributed by atoms with E-state index in [9.17, 15) is 8.42 Å². The van der Waals surface area contributed by atoms with Crippen molar-refractivity contribution in [2.24, 2.45) is 0 Å². The average molecular weight is 385 g/mol. The van der Waals surface area contributed by atoms with Crippen LogP contribution in [0.25, 0.3) is 11.4 Å². The molecule has 8 nitrogen and oxygen atoms in total. The van der Waals surface area contributed by atoms with Crippen molar-refractivity contribution < 1.29 is 12.9 Å². The minimum absolute atomic E-state index is 0.0611. The lowest BCUT2D eigenvalue weighted by Gasteiger charge is -2.15. The van der Waals surface area contributed by atoms with Gasteiger partial charge >= 0.3 is 0 Å². The van der Waals surface area contributed by atoms with E-state index in [2.05, 4.69) is 20.1 Å². The molecule has 1 aliphatic heterocycles. The molecule has 0 aromatic carbocycles. The molecule has 0 amide bonds. The van der Waals surface area contributed by atoms with E-state index in [1.54, 1.807) is 43.8 Å². The van der Waals surface area contributed by atoms with Crippen molar-refractivity contribution >= 4 is 10.0 Å². The van der Waals surface area contributed by atoms with Gasteiger partial charge in [-0.2, -0.15) is 4.98 Å². The van der Waals surface area contributed by atoms with Gasteiger partial charge in [-0.05, 0) is 30.7 Å². The van der Waals surface area contributed by atoms with Crippen LogP contribution in [0.1, 0.15) is 30.2 Å². The average Bonchev–Trinajstić information content (AvgIpc) is 3.37. The van der Waals surface area contributed by atoms with Crippen LogP contribution < -0.4 is 0 Å². The summed E-state index contributed by atoms with van der Waals surface area (Å²) in [6, 6.07) is 7.40. The number of hydrogen-bond acceptors (Lipinski definition) is 7. The molecule has 0 aliphatic carbocycles. The fraction of sp³-hybridized carbons (Fsp3) is 0.333. The SMILES string of the molecule is CCS(=O)(=O)N1C[C@@H](c2cccnc2)[C@H](c2nc(-c3ccncc3)no2)C1. The van der Waals surface area contributed by atoms with Gasteiger partial charge in [-0.3, -0.25) is 9.97 Å². The Hall–Kier alpha value is -2.65. The number of rotatable bonds is 5. The fourth-order valence-electron chi connectivity index (χ4n) is 3.36. The maximum Gasteiger partial charge on any atom is 0.232 e. The Balaban J connectivity index is 1.69. The normalized spacial score (nSPS) is 20.8. The van der Waals surface area contributed by atoms with Crippen molar-refractivity contribution in [1.82, 2.24) is 24.4 Å². The summed E-state index contributed by atoms with van der Waals surface area (Å²) >= 11 is 0. The van der Waals surface area contributed by atoms with Gasteiger partial charge in [0.2, 0.25) is 21.7 Å². The van der Waals surface area contributed by atoms with Crippen LogP contribution in [0.15, 0.2) is 53.6 Å². The van der Waals surface area contributed by atoms with E-state index in [1.807, 2.05) is 12.1 Å². The van der Waals surface area contributed by atoms with Gasteiger partial charge in [-0.15, -0.1) is 0 Å². The summed E-state index contributed by atoms with van der Waals surface area (Å²) < 4.78 is 31.9. The highest BCUT2D eigenvalue weighted by Crippen LogP contribution is 2.40. The first kappa shape index (κ1) is 17.7. The second-order valence-corrected chi connectivity index (χ2v) is 8.67. The van der Waals surface area contributed by atoms with E-state index in [1.165, 1.54) is 4.31 Å². The van der Waals surface area contributed by atoms with Crippen molar-refractivity contribution in [1.29, 1.82) is 0 Å². The molecular weight excluding hydrogens is 366 g/mol. The Bertz CT molecular complexity index is 1010. The van der Waals surface area contributed by atoms with Gasteiger partial charge in [0.05, 0.1) is 11.7 Å². The van der Waals surface area contributed by atoms with Crippen molar-refractivity contribution in [3.05, 3.63) is 60.5 Å². The first-order valence-electron chi connectivity index (χ1n) is 8.70. The second kappa shape index (κ2) is 7.16. The predicted molar refractivity (Wildman–Crippen MR) is 98.3 cm³/mol. The van der Waals surface area contributed by atoms with Crippen LogP contribution >= 0.6 is 0 Å². The topological polar surface area (TPSA) is 102 Å². The summed E-state index contributed by atoms with van der Waals surface area (Å²) in [5.41, 5.74) is 1.76. The van der Waals surface area contributed by atoms with E-state index in [-0.39, 0.29) is 17.6 Å². The number of nitrogens with zero attached hydrogens (tertiary/aromatic N) is 5. The summed E-state index contributed by atoms with van der Waals surface area (Å²) in [6.45, 7) is 2.34. The molecule has 3 aromatic heterocycles. The minimum atomic E-state index is -3.31. The smallest absolute Gasteiger partial charge is 0.232 e. The molecule has 9 heteroatoms. The summed E-state index contributed by atoms with van der Waals surface area (Å²) in [7, 11) is -3.31. The zero-order chi connectivity index (χ0) is 18.9. The number of hydrogen-bond donors (Lipinski definition) is 0. The van der Waals surface area contributed by atoms with E-state index in [0.29, 0.717) is 24.8 Å². The molecule has 3 aromatic rings. The van der Waals surface area contributed by atoms with Crippen molar-refractivity contribution in [2.45, 2.75) is 18.8 Å². The van der Waals surface area contributed by atoms with Crippen LogP contribution in [0, 0.1) is 0 Å². The Morgan fingerprint density at radius 2 is 1.89 bits per heavy atom. The zero-order valence-corrected chi connectivity index (χ0v) is 15.6. The molecule has 0 spiro atoms. The van der Waals surface area contributed by atoms with Crippen LogP contribution in [0.4, 0.5) is 0 Å². The standard InChI is InChI=1S/C18H19N5O3S/c1-2-27(24,25)23-11-15(14-4-3-7-20-10-14)16(12-23)18-21-17(22-26-18)13-5-8-19-9-6-13/h3-10,15-16H,2,11-12H2,1H3/t15-,16+/m0/s1. The quantitative estimate of drug-likeness (QED) is 0.662. The Kier molecular flexibility index (Phi) is 4.71. The molecule has 0 saturated carbocycles. The number of aromatic nitrogens is 4. The molecule has 2 atom stereocenters. The lowest BCUT2D eigenvalue weighted by molar-refractivity contribution is 0.348. The minimum Gasteiger partial charge on any atom is -0.339 e. The molecule has 1 aliphatic rings. The van der Waals surface area contributed by atoms with E-state index in [4.69, 9.17) is 4.52 Å². The van der Waals surface area contributed by atoms with Gasteiger partial charge < -0.3 is 4.52 Å².